The van der Waals surface area contributed by atoms with Crippen molar-refractivity contribution in [2.45, 2.75) is 68.5 Å². The molecule has 2 heterocycles. The van der Waals surface area contributed by atoms with Gasteiger partial charge in [-0.15, -0.1) is 0 Å². The summed E-state index contributed by atoms with van der Waals surface area (Å²) in [7, 11) is 0. The van der Waals surface area contributed by atoms with Gasteiger partial charge in [0, 0.05) is 10.5 Å². The van der Waals surface area contributed by atoms with Gasteiger partial charge in [-0.1, -0.05) is 11.6 Å². The molecule has 0 spiro atoms. The first kappa shape index (κ1) is 11.5. The number of aliphatic hydroxyl groups is 1. The fourth-order valence-corrected chi connectivity index (χ4v) is 4.75. The molecule has 0 saturated carbocycles. The Morgan fingerprint density at radius 2 is 1.93 bits per heavy atom. The maximum atomic E-state index is 10.5. The maximum absolute atomic E-state index is 10.5. The Labute approximate surface area is 97.3 Å². The van der Waals surface area contributed by atoms with Crippen LogP contribution < -0.4 is 0 Å². The Hall–Kier alpha value is 0.0500. The SMILES string of the molecule is CC(C)=CCCC1(O)CC2CCC(C1)S2. The van der Waals surface area contributed by atoms with Crippen molar-refractivity contribution in [3.05, 3.63) is 11.6 Å². The summed E-state index contributed by atoms with van der Waals surface area (Å²) in [5, 5.41) is 12.0. The summed E-state index contributed by atoms with van der Waals surface area (Å²) in [5.41, 5.74) is 1.02. The first-order valence-electron chi connectivity index (χ1n) is 6.09. The van der Waals surface area contributed by atoms with E-state index in [-0.39, 0.29) is 5.60 Å². The monoisotopic (exact) mass is 226 g/mol. The zero-order chi connectivity index (χ0) is 10.9. The second-order valence-corrected chi connectivity index (χ2v) is 7.02. The fourth-order valence-electron chi connectivity index (χ4n) is 2.84. The predicted octanol–water partition coefficient (Wildman–Crippen LogP) is 3.52. The van der Waals surface area contributed by atoms with E-state index in [1.165, 1.54) is 18.4 Å². The third-order valence-corrected chi connectivity index (χ3v) is 5.15. The zero-order valence-corrected chi connectivity index (χ0v) is 10.6. The minimum absolute atomic E-state index is 0.344. The van der Waals surface area contributed by atoms with Crippen molar-refractivity contribution in [3.63, 3.8) is 0 Å². The van der Waals surface area contributed by atoms with Crippen molar-refractivity contribution < 1.29 is 5.11 Å². The number of fused-ring (bicyclic) bond motifs is 2. The average Bonchev–Trinajstić information content (AvgIpc) is 2.45. The third-order valence-electron chi connectivity index (χ3n) is 3.57. The highest BCUT2D eigenvalue weighted by molar-refractivity contribution is 8.00. The van der Waals surface area contributed by atoms with Crippen LogP contribution in [0.5, 0.6) is 0 Å². The van der Waals surface area contributed by atoms with E-state index in [0.717, 1.165) is 36.2 Å². The molecule has 2 atom stereocenters. The second-order valence-electron chi connectivity index (χ2n) is 5.41. The van der Waals surface area contributed by atoms with Crippen LogP contribution in [0.15, 0.2) is 11.6 Å². The molecule has 2 saturated heterocycles. The number of hydrogen-bond donors (Lipinski definition) is 1. The molecule has 1 N–H and O–H groups in total. The molecule has 2 heteroatoms. The highest BCUT2D eigenvalue weighted by Crippen LogP contribution is 2.48. The number of rotatable bonds is 3. The van der Waals surface area contributed by atoms with Crippen LogP contribution in [-0.2, 0) is 0 Å². The van der Waals surface area contributed by atoms with E-state index in [2.05, 4.69) is 31.7 Å². The van der Waals surface area contributed by atoms with Crippen molar-refractivity contribution >= 4 is 11.8 Å². The van der Waals surface area contributed by atoms with E-state index in [0.29, 0.717) is 0 Å². The first-order chi connectivity index (χ1) is 7.07. The third kappa shape index (κ3) is 3.01. The van der Waals surface area contributed by atoms with Crippen LogP contribution in [0.2, 0.25) is 0 Å². The highest BCUT2D eigenvalue weighted by atomic mass is 32.2. The van der Waals surface area contributed by atoms with Crippen LogP contribution in [-0.4, -0.2) is 21.2 Å². The molecule has 0 aliphatic carbocycles. The first-order valence-corrected chi connectivity index (χ1v) is 7.03. The lowest BCUT2D eigenvalue weighted by atomic mass is 9.88. The Balaban J connectivity index is 1.87. The molecular weight excluding hydrogens is 204 g/mol. The molecule has 0 aromatic carbocycles. The van der Waals surface area contributed by atoms with Gasteiger partial charge >= 0.3 is 0 Å². The molecule has 2 aliphatic rings. The summed E-state index contributed by atoms with van der Waals surface area (Å²) in [6.45, 7) is 4.26. The molecule has 2 bridgehead atoms. The van der Waals surface area contributed by atoms with Crippen molar-refractivity contribution in [3.8, 4) is 0 Å². The predicted molar refractivity (Wildman–Crippen MR) is 67.2 cm³/mol. The minimum Gasteiger partial charge on any atom is -0.390 e. The maximum Gasteiger partial charge on any atom is 0.0671 e. The standard InChI is InChI=1S/C13H22OS/c1-10(2)4-3-7-13(14)8-11-5-6-12(9-13)15-11/h4,11-12,14H,3,5-9H2,1-2H3. The van der Waals surface area contributed by atoms with E-state index in [1.807, 2.05) is 0 Å². The van der Waals surface area contributed by atoms with Crippen LogP contribution >= 0.6 is 11.8 Å². The zero-order valence-electron chi connectivity index (χ0n) is 9.83. The topological polar surface area (TPSA) is 20.2 Å². The van der Waals surface area contributed by atoms with Gasteiger partial charge in [-0.2, -0.15) is 11.8 Å². The van der Waals surface area contributed by atoms with Crippen molar-refractivity contribution in [1.82, 2.24) is 0 Å². The smallest absolute Gasteiger partial charge is 0.0671 e. The summed E-state index contributed by atoms with van der Waals surface area (Å²) < 4.78 is 0. The Morgan fingerprint density at radius 3 is 2.47 bits per heavy atom. The Kier molecular flexibility index (Phi) is 3.46. The normalized spacial score (nSPS) is 39.1. The van der Waals surface area contributed by atoms with Gasteiger partial charge in [-0.25, -0.2) is 0 Å². The molecule has 1 nitrogen and oxygen atoms in total. The van der Waals surface area contributed by atoms with Gasteiger partial charge < -0.3 is 5.11 Å². The quantitative estimate of drug-likeness (QED) is 0.743. The number of thioether (sulfide) groups is 1. The highest BCUT2D eigenvalue weighted by Gasteiger charge is 2.42. The molecule has 15 heavy (non-hydrogen) atoms. The van der Waals surface area contributed by atoms with E-state index < -0.39 is 0 Å². The van der Waals surface area contributed by atoms with E-state index >= 15 is 0 Å². The van der Waals surface area contributed by atoms with Crippen LogP contribution in [0, 0.1) is 0 Å². The van der Waals surface area contributed by atoms with Crippen LogP contribution in [0.3, 0.4) is 0 Å². The van der Waals surface area contributed by atoms with Gasteiger partial charge in [0.2, 0.25) is 0 Å². The van der Waals surface area contributed by atoms with Gasteiger partial charge in [0.25, 0.3) is 0 Å². The van der Waals surface area contributed by atoms with Crippen LogP contribution in [0.25, 0.3) is 0 Å². The van der Waals surface area contributed by atoms with Gasteiger partial charge in [0.15, 0.2) is 0 Å². The summed E-state index contributed by atoms with van der Waals surface area (Å²) in [4.78, 5) is 0. The lowest BCUT2D eigenvalue weighted by molar-refractivity contribution is 0.0163. The van der Waals surface area contributed by atoms with Crippen molar-refractivity contribution in [1.29, 1.82) is 0 Å². The van der Waals surface area contributed by atoms with Crippen LogP contribution in [0.4, 0.5) is 0 Å². The largest absolute Gasteiger partial charge is 0.390 e. The van der Waals surface area contributed by atoms with Gasteiger partial charge in [-0.05, 0) is 52.4 Å². The lowest BCUT2D eigenvalue weighted by Crippen LogP contribution is -2.36. The molecule has 0 aromatic rings. The molecule has 0 amide bonds. The molecular formula is C13H22OS. The molecule has 86 valence electrons. The summed E-state index contributed by atoms with van der Waals surface area (Å²) in [5.74, 6) is 0. The van der Waals surface area contributed by atoms with Crippen molar-refractivity contribution in [2.24, 2.45) is 0 Å². The molecule has 0 radical (unpaired) electrons. The van der Waals surface area contributed by atoms with Crippen LogP contribution in [0.1, 0.15) is 52.4 Å². The van der Waals surface area contributed by atoms with Gasteiger partial charge in [-0.3, -0.25) is 0 Å². The number of allylic oxidation sites excluding steroid dienone is 2. The van der Waals surface area contributed by atoms with Crippen molar-refractivity contribution in [2.75, 3.05) is 0 Å². The lowest BCUT2D eigenvalue weighted by Gasteiger charge is -2.35. The average molecular weight is 226 g/mol. The molecule has 2 aliphatic heterocycles. The molecule has 2 rings (SSSR count). The second kappa shape index (κ2) is 4.50. The minimum atomic E-state index is -0.344. The molecule has 2 unspecified atom stereocenters. The van der Waals surface area contributed by atoms with E-state index in [1.54, 1.807) is 0 Å². The van der Waals surface area contributed by atoms with Gasteiger partial charge in [0.1, 0.15) is 0 Å². The Morgan fingerprint density at radius 1 is 1.33 bits per heavy atom. The molecule has 0 aromatic heterocycles. The Bertz CT molecular complexity index is 243. The van der Waals surface area contributed by atoms with E-state index in [9.17, 15) is 5.11 Å². The number of hydrogen-bond acceptors (Lipinski definition) is 2. The summed E-state index contributed by atoms with van der Waals surface area (Å²) in [6.07, 6.45) is 8.99. The summed E-state index contributed by atoms with van der Waals surface area (Å²) in [6, 6.07) is 0. The van der Waals surface area contributed by atoms with Gasteiger partial charge in [0.05, 0.1) is 5.60 Å². The van der Waals surface area contributed by atoms with E-state index in [4.69, 9.17) is 0 Å². The summed E-state index contributed by atoms with van der Waals surface area (Å²) >= 11 is 2.12. The fraction of sp³-hybridized carbons (Fsp3) is 0.846. The molecule has 2 fully saturated rings.